The lowest BCUT2D eigenvalue weighted by atomic mass is 10.1. The van der Waals surface area contributed by atoms with E-state index >= 15 is 0 Å². The van der Waals surface area contributed by atoms with Crippen LogP contribution in [0, 0.1) is 0 Å². The first-order chi connectivity index (χ1) is 9.24. The van der Waals surface area contributed by atoms with Gasteiger partial charge in [0.1, 0.15) is 0 Å². The molecule has 0 fully saturated rings. The van der Waals surface area contributed by atoms with Gasteiger partial charge in [-0.1, -0.05) is 12.1 Å². The van der Waals surface area contributed by atoms with E-state index in [1.165, 1.54) is 22.3 Å². The van der Waals surface area contributed by atoms with Crippen molar-refractivity contribution >= 4 is 21.8 Å². The summed E-state index contributed by atoms with van der Waals surface area (Å²) in [6.45, 7) is 0. The topological polar surface area (TPSA) is 127 Å². The highest BCUT2D eigenvalue weighted by Crippen LogP contribution is 2.38. The quantitative estimate of drug-likeness (QED) is 0.369. The average molecular weight is 294 g/mol. The first-order valence-corrected chi connectivity index (χ1v) is 7.11. The molecule has 0 aliphatic heterocycles. The molecule has 0 amide bonds. The van der Waals surface area contributed by atoms with E-state index in [2.05, 4.69) is 12.1 Å². The summed E-state index contributed by atoms with van der Waals surface area (Å²) >= 11 is 0. The number of anilines is 2. The van der Waals surface area contributed by atoms with Crippen LogP contribution in [0.5, 0.6) is 0 Å². The Morgan fingerprint density at radius 3 is 1.55 bits per heavy atom. The SMILES string of the molecule is Nc1ccc2c(c1)Cc1cc(N)ccc1-2.O=S(=O)(O)O. The van der Waals surface area contributed by atoms with Gasteiger partial charge in [-0.05, 0) is 52.9 Å². The maximum atomic E-state index is 8.74. The van der Waals surface area contributed by atoms with Crippen LogP contribution >= 0.6 is 0 Å². The molecule has 0 saturated heterocycles. The number of fused-ring (bicyclic) bond motifs is 3. The Hall–Kier alpha value is -2.09. The van der Waals surface area contributed by atoms with E-state index in [0.717, 1.165) is 17.8 Å². The summed E-state index contributed by atoms with van der Waals surface area (Å²) in [5.74, 6) is 0. The van der Waals surface area contributed by atoms with Crippen molar-refractivity contribution in [1.29, 1.82) is 0 Å². The van der Waals surface area contributed by atoms with E-state index in [4.69, 9.17) is 29.0 Å². The number of nitrogen functional groups attached to an aromatic ring is 2. The summed E-state index contributed by atoms with van der Waals surface area (Å²) < 4.78 is 31.6. The van der Waals surface area contributed by atoms with Crippen LogP contribution in [0.15, 0.2) is 36.4 Å². The molecule has 0 aromatic heterocycles. The van der Waals surface area contributed by atoms with Gasteiger partial charge >= 0.3 is 10.4 Å². The maximum Gasteiger partial charge on any atom is 0.394 e. The molecule has 6 N–H and O–H groups in total. The highest BCUT2D eigenvalue weighted by atomic mass is 32.3. The average Bonchev–Trinajstić information content (AvgIpc) is 2.62. The maximum absolute atomic E-state index is 8.74. The van der Waals surface area contributed by atoms with Crippen LogP contribution < -0.4 is 11.5 Å². The van der Waals surface area contributed by atoms with Crippen LogP contribution in [-0.2, 0) is 16.8 Å². The molecule has 106 valence electrons. The Labute approximate surface area is 116 Å². The molecule has 3 rings (SSSR count). The monoisotopic (exact) mass is 294 g/mol. The first kappa shape index (κ1) is 14.3. The number of benzene rings is 2. The van der Waals surface area contributed by atoms with Gasteiger partial charge < -0.3 is 11.5 Å². The molecule has 0 unspecified atom stereocenters. The minimum Gasteiger partial charge on any atom is -0.399 e. The largest absolute Gasteiger partial charge is 0.399 e. The summed E-state index contributed by atoms with van der Waals surface area (Å²) in [5, 5.41) is 0. The van der Waals surface area contributed by atoms with Gasteiger partial charge in [0.05, 0.1) is 0 Å². The predicted molar refractivity (Wildman–Crippen MR) is 77.7 cm³/mol. The second-order valence-electron chi connectivity index (χ2n) is 4.46. The van der Waals surface area contributed by atoms with Gasteiger partial charge in [-0.3, -0.25) is 9.11 Å². The highest BCUT2D eigenvalue weighted by molar-refractivity contribution is 7.79. The summed E-state index contributed by atoms with van der Waals surface area (Å²) in [5.41, 5.74) is 18.4. The molecule has 6 nitrogen and oxygen atoms in total. The van der Waals surface area contributed by atoms with Gasteiger partial charge in [0.2, 0.25) is 0 Å². The van der Waals surface area contributed by atoms with Crippen molar-refractivity contribution in [3.8, 4) is 11.1 Å². The van der Waals surface area contributed by atoms with E-state index in [9.17, 15) is 0 Å². The van der Waals surface area contributed by atoms with Crippen molar-refractivity contribution in [3.63, 3.8) is 0 Å². The fourth-order valence-corrected chi connectivity index (χ4v) is 2.25. The van der Waals surface area contributed by atoms with Crippen LogP contribution in [0.1, 0.15) is 11.1 Å². The van der Waals surface area contributed by atoms with E-state index in [0.29, 0.717) is 0 Å². The first-order valence-electron chi connectivity index (χ1n) is 5.71. The van der Waals surface area contributed by atoms with Crippen LogP contribution in [0.4, 0.5) is 11.4 Å². The second kappa shape index (κ2) is 5.12. The Balaban J connectivity index is 0.000000257. The molecule has 1 aliphatic rings. The van der Waals surface area contributed by atoms with E-state index in [1.54, 1.807) is 0 Å². The summed E-state index contributed by atoms with van der Waals surface area (Å²) in [6, 6.07) is 12.2. The zero-order chi connectivity index (χ0) is 14.9. The van der Waals surface area contributed by atoms with Crippen molar-refractivity contribution in [3.05, 3.63) is 47.5 Å². The standard InChI is InChI=1S/C13H12N2.H2O4S/c14-10-1-3-12-8(6-10)5-9-7-11(15)2-4-13(9)12;1-5(2,3)4/h1-4,6-7H,5,14-15H2;(H2,1,2,3,4). The molecular formula is C13H14N2O4S. The van der Waals surface area contributed by atoms with Gasteiger partial charge in [-0.25, -0.2) is 0 Å². The lowest BCUT2D eigenvalue weighted by Gasteiger charge is -2.01. The summed E-state index contributed by atoms with van der Waals surface area (Å²) in [6.07, 6.45) is 0.945. The number of hydrogen-bond donors (Lipinski definition) is 4. The summed E-state index contributed by atoms with van der Waals surface area (Å²) in [7, 11) is -4.67. The second-order valence-corrected chi connectivity index (χ2v) is 5.35. The minimum atomic E-state index is -4.67. The molecule has 7 heteroatoms. The van der Waals surface area contributed by atoms with E-state index in [1.807, 2.05) is 24.3 Å². The molecule has 0 saturated carbocycles. The Bertz CT molecular complexity index is 699. The van der Waals surface area contributed by atoms with Crippen molar-refractivity contribution in [1.82, 2.24) is 0 Å². The number of hydrogen-bond acceptors (Lipinski definition) is 4. The lowest BCUT2D eigenvalue weighted by molar-refractivity contribution is 0.381. The van der Waals surface area contributed by atoms with Gasteiger partial charge in [0, 0.05) is 11.4 Å². The van der Waals surface area contributed by atoms with Crippen LogP contribution in [0.3, 0.4) is 0 Å². The van der Waals surface area contributed by atoms with Gasteiger partial charge in [0.25, 0.3) is 0 Å². The molecule has 0 atom stereocenters. The molecule has 20 heavy (non-hydrogen) atoms. The molecule has 0 bridgehead atoms. The smallest absolute Gasteiger partial charge is 0.394 e. The minimum absolute atomic E-state index is 0.828. The normalized spacial score (nSPS) is 12.1. The van der Waals surface area contributed by atoms with Crippen molar-refractivity contribution in [2.45, 2.75) is 6.42 Å². The van der Waals surface area contributed by atoms with Crippen LogP contribution in [0.25, 0.3) is 11.1 Å². The zero-order valence-electron chi connectivity index (χ0n) is 10.4. The van der Waals surface area contributed by atoms with Crippen LogP contribution in [-0.4, -0.2) is 17.5 Å². The Morgan fingerprint density at radius 1 is 0.850 bits per heavy atom. The predicted octanol–water partition coefficient (Wildman–Crippen LogP) is 1.77. The van der Waals surface area contributed by atoms with E-state index < -0.39 is 10.4 Å². The fraction of sp³-hybridized carbons (Fsp3) is 0.0769. The molecule has 0 radical (unpaired) electrons. The molecule has 0 heterocycles. The third-order valence-electron chi connectivity index (χ3n) is 2.93. The fourth-order valence-electron chi connectivity index (χ4n) is 2.25. The van der Waals surface area contributed by atoms with Crippen LogP contribution in [0.2, 0.25) is 0 Å². The van der Waals surface area contributed by atoms with Gasteiger partial charge in [-0.15, -0.1) is 0 Å². The van der Waals surface area contributed by atoms with Crippen molar-refractivity contribution < 1.29 is 17.5 Å². The Morgan fingerprint density at radius 2 is 1.20 bits per heavy atom. The molecule has 2 aromatic rings. The van der Waals surface area contributed by atoms with Gasteiger partial charge in [0.15, 0.2) is 0 Å². The third-order valence-corrected chi connectivity index (χ3v) is 2.93. The summed E-state index contributed by atoms with van der Waals surface area (Å²) in [4.78, 5) is 0. The number of nitrogens with two attached hydrogens (primary N) is 2. The number of rotatable bonds is 0. The zero-order valence-corrected chi connectivity index (χ0v) is 11.3. The van der Waals surface area contributed by atoms with Crippen molar-refractivity contribution in [2.24, 2.45) is 0 Å². The van der Waals surface area contributed by atoms with E-state index in [-0.39, 0.29) is 0 Å². The van der Waals surface area contributed by atoms with Gasteiger partial charge in [-0.2, -0.15) is 8.42 Å². The highest BCUT2D eigenvalue weighted by Gasteiger charge is 2.17. The molecular weight excluding hydrogens is 280 g/mol. The third kappa shape index (κ3) is 3.47. The molecule has 2 aromatic carbocycles. The Kier molecular flexibility index (Phi) is 3.67. The molecule has 1 aliphatic carbocycles. The molecule has 0 spiro atoms. The van der Waals surface area contributed by atoms with Crippen molar-refractivity contribution in [2.75, 3.05) is 11.5 Å². The lowest BCUT2D eigenvalue weighted by Crippen LogP contribution is -1.89.